The van der Waals surface area contributed by atoms with Crippen LogP contribution in [0.1, 0.15) is 27.7 Å². The van der Waals surface area contributed by atoms with E-state index in [0.717, 1.165) is 10.4 Å². The quantitative estimate of drug-likeness (QED) is 0.350. The highest BCUT2D eigenvalue weighted by molar-refractivity contribution is 7.89. The molecule has 0 radical (unpaired) electrons. The molecule has 0 saturated heterocycles. The lowest BCUT2D eigenvalue weighted by atomic mass is 10.1. The molecule has 0 saturated carbocycles. The minimum Gasteiger partial charge on any atom is -0.462 e. The number of hydrogen-bond donors (Lipinski definition) is 3. The first kappa shape index (κ1) is 22.9. The van der Waals surface area contributed by atoms with Gasteiger partial charge in [-0.2, -0.15) is 0 Å². The minimum absolute atomic E-state index is 0.00494. The summed E-state index contributed by atoms with van der Waals surface area (Å²) >= 11 is 6.78. The number of rotatable bonds is 7. The van der Waals surface area contributed by atoms with Crippen LogP contribution in [0.2, 0.25) is 0 Å². The van der Waals surface area contributed by atoms with E-state index < -0.39 is 16.0 Å². The van der Waals surface area contributed by atoms with Gasteiger partial charge in [-0.1, -0.05) is 30.3 Å². The van der Waals surface area contributed by atoms with Crippen molar-refractivity contribution in [3.63, 3.8) is 0 Å². The number of thiocarbonyl (C=S) groups is 1. The SMILES string of the molecule is CCOC(=O)c1cc(Cc2ccccc2)sc1NC(=S)Nc1ccc(S(N)(=O)=O)cc1. The number of nitrogens with one attached hydrogen (secondary N) is 2. The monoisotopic (exact) mass is 475 g/mol. The van der Waals surface area contributed by atoms with Gasteiger partial charge in [-0.15, -0.1) is 11.3 Å². The van der Waals surface area contributed by atoms with E-state index in [9.17, 15) is 13.2 Å². The molecule has 0 aliphatic heterocycles. The summed E-state index contributed by atoms with van der Waals surface area (Å²) < 4.78 is 27.9. The zero-order valence-corrected chi connectivity index (χ0v) is 19.1. The van der Waals surface area contributed by atoms with E-state index in [1.807, 2.05) is 36.4 Å². The first-order chi connectivity index (χ1) is 14.8. The average Bonchev–Trinajstić information content (AvgIpc) is 3.10. The number of carbonyl (C=O) groups excluding carboxylic acids is 1. The molecule has 7 nitrogen and oxygen atoms in total. The zero-order chi connectivity index (χ0) is 22.4. The van der Waals surface area contributed by atoms with Gasteiger partial charge in [0.1, 0.15) is 5.00 Å². The molecule has 0 atom stereocenters. The maximum Gasteiger partial charge on any atom is 0.341 e. The smallest absolute Gasteiger partial charge is 0.341 e. The summed E-state index contributed by atoms with van der Waals surface area (Å²) in [6, 6.07) is 17.6. The average molecular weight is 476 g/mol. The van der Waals surface area contributed by atoms with E-state index in [2.05, 4.69) is 10.6 Å². The van der Waals surface area contributed by atoms with Crippen LogP contribution in [0, 0.1) is 0 Å². The van der Waals surface area contributed by atoms with Gasteiger partial charge in [0.2, 0.25) is 10.0 Å². The van der Waals surface area contributed by atoms with Gasteiger partial charge < -0.3 is 15.4 Å². The molecule has 4 N–H and O–H groups in total. The number of benzene rings is 2. The predicted octanol–water partition coefficient (Wildman–Crippen LogP) is 3.97. The van der Waals surface area contributed by atoms with E-state index in [4.69, 9.17) is 22.1 Å². The molecule has 0 aliphatic carbocycles. The lowest BCUT2D eigenvalue weighted by Gasteiger charge is -2.11. The van der Waals surface area contributed by atoms with Crippen molar-refractivity contribution in [3.8, 4) is 0 Å². The second-order valence-corrected chi connectivity index (χ2v) is 9.59. The Labute approximate surface area is 190 Å². The Morgan fingerprint density at radius 3 is 2.39 bits per heavy atom. The molecular weight excluding hydrogens is 454 g/mol. The van der Waals surface area contributed by atoms with Gasteiger partial charge in [0.15, 0.2) is 5.11 Å². The fourth-order valence-corrected chi connectivity index (χ4v) is 4.66. The number of primary sulfonamides is 1. The molecule has 0 fully saturated rings. The standard InChI is InChI=1S/C21H21N3O4S3/c1-2-28-20(25)18-13-16(12-14-6-4-3-5-7-14)30-19(18)24-21(29)23-15-8-10-17(11-9-15)31(22,26)27/h3-11,13H,2,12H2,1H3,(H2,22,26,27)(H2,23,24,29). The summed E-state index contributed by atoms with van der Waals surface area (Å²) in [6.07, 6.45) is 0.675. The molecule has 0 aliphatic rings. The van der Waals surface area contributed by atoms with Crippen molar-refractivity contribution in [2.45, 2.75) is 18.2 Å². The molecular formula is C21H21N3O4S3. The molecule has 3 rings (SSSR count). The highest BCUT2D eigenvalue weighted by atomic mass is 32.2. The van der Waals surface area contributed by atoms with Crippen molar-refractivity contribution < 1.29 is 17.9 Å². The largest absolute Gasteiger partial charge is 0.462 e. The molecule has 0 spiro atoms. The van der Waals surface area contributed by atoms with Crippen LogP contribution >= 0.6 is 23.6 Å². The Morgan fingerprint density at radius 1 is 1.10 bits per heavy atom. The van der Waals surface area contributed by atoms with Crippen LogP contribution in [0.15, 0.2) is 65.6 Å². The maximum atomic E-state index is 12.4. The van der Waals surface area contributed by atoms with Crippen LogP contribution < -0.4 is 15.8 Å². The lowest BCUT2D eigenvalue weighted by Crippen LogP contribution is -2.20. The predicted molar refractivity (Wildman–Crippen MR) is 127 cm³/mol. The lowest BCUT2D eigenvalue weighted by molar-refractivity contribution is 0.0528. The van der Waals surface area contributed by atoms with Gasteiger partial charge in [-0.05, 0) is 55.0 Å². The fraction of sp³-hybridized carbons (Fsp3) is 0.143. The third-order valence-corrected chi connectivity index (χ3v) is 6.35. The van der Waals surface area contributed by atoms with Crippen LogP contribution in [-0.4, -0.2) is 26.1 Å². The number of carbonyl (C=O) groups is 1. The number of sulfonamides is 1. The van der Waals surface area contributed by atoms with Crippen LogP contribution in [0.4, 0.5) is 10.7 Å². The second-order valence-electron chi connectivity index (χ2n) is 6.49. The van der Waals surface area contributed by atoms with Crippen molar-refractivity contribution in [1.82, 2.24) is 0 Å². The van der Waals surface area contributed by atoms with Gasteiger partial charge in [0, 0.05) is 17.0 Å². The molecule has 1 heterocycles. The van der Waals surface area contributed by atoms with E-state index in [1.165, 1.54) is 23.5 Å². The molecule has 0 unspecified atom stereocenters. The molecule has 162 valence electrons. The van der Waals surface area contributed by atoms with Crippen molar-refractivity contribution in [2.75, 3.05) is 17.2 Å². The number of hydrogen-bond acceptors (Lipinski definition) is 6. The normalized spacial score (nSPS) is 11.0. The molecule has 3 aromatic rings. The number of anilines is 2. The van der Waals surface area contributed by atoms with Gasteiger partial charge in [-0.3, -0.25) is 0 Å². The second kappa shape index (κ2) is 10.0. The third-order valence-electron chi connectivity index (χ3n) is 4.17. The summed E-state index contributed by atoms with van der Waals surface area (Å²) in [6.45, 7) is 2.01. The molecule has 1 aromatic heterocycles. The molecule has 0 bridgehead atoms. The Bertz CT molecular complexity index is 1170. The number of nitrogens with two attached hydrogens (primary N) is 1. The molecule has 2 aromatic carbocycles. The van der Waals surface area contributed by atoms with Gasteiger partial charge >= 0.3 is 5.97 Å². The minimum atomic E-state index is -3.77. The highest BCUT2D eigenvalue weighted by Gasteiger charge is 2.18. The van der Waals surface area contributed by atoms with Gasteiger partial charge in [-0.25, -0.2) is 18.4 Å². The molecule has 10 heteroatoms. The Hall–Kier alpha value is -2.79. The summed E-state index contributed by atoms with van der Waals surface area (Å²) in [4.78, 5) is 13.4. The van der Waals surface area contributed by atoms with Crippen LogP contribution in [0.25, 0.3) is 0 Å². The third kappa shape index (κ3) is 6.34. The van der Waals surface area contributed by atoms with Crippen molar-refractivity contribution in [3.05, 3.63) is 76.7 Å². The summed E-state index contributed by atoms with van der Waals surface area (Å²) in [7, 11) is -3.77. The number of thiophene rings is 1. The van der Waals surface area contributed by atoms with Crippen molar-refractivity contribution >= 4 is 55.3 Å². The van der Waals surface area contributed by atoms with E-state index in [-0.39, 0.29) is 16.6 Å². The molecule has 0 amide bonds. The van der Waals surface area contributed by atoms with Gasteiger partial charge in [0.05, 0.1) is 17.1 Å². The number of esters is 1. The van der Waals surface area contributed by atoms with Crippen molar-refractivity contribution in [2.24, 2.45) is 5.14 Å². The van der Waals surface area contributed by atoms with Gasteiger partial charge in [0.25, 0.3) is 0 Å². The Morgan fingerprint density at radius 2 is 1.77 bits per heavy atom. The molecule has 31 heavy (non-hydrogen) atoms. The first-order valence-corrected chi connectivity index (χ1v) is 12.1. The zero-order valence-electron chi connectivity index (χ0n) is 16.6. The van der Waals surface area contributed by atoms with E-state index >= 15 is 0 Å². The van der Waals surface area contributed by atoms with Crippen LogP contribution in [-0.2, 0) is 21.2 Å². The highest BCUT2D eigenvalue weighted by Crippen LogP contribution is 2.31. The van der Waals surface area contributed by atoms with E-state index in [0.29, 0.717) is 22.7 Å². The van der Waals surface area contributed by atoms with Crippen molar-refractivity contribution in [1.29, 1.82) is 0 Å². The summed E-state index contributed by atoms with van der Waals surface area (Å²) in [5, 5.41) is 11.9. The first-order valence-electron chi connectivity index (χ1n) is 9.31. The summed E-state index contributed by atoms with van der Waals surface area (Å²) in [5.41, 5.74) is 2.11. The topological polar surface area (TPSA) is 111 Å². The van der Waals surface area contributed by atoms with E-state index in [1.54, 1.807) is 19.1 Å². The fourth-order valence-electron chi connectivity index (χ4n) is 2.77. The van der Waals surface area contributed by atoms with Crippen LogP contribution in [0.5, 0.6) is 0 Å². The Balaban J connectivity index is 1.76. The summed E-state index contributed by atoms with van der Waals surface area (Å²) in [5.74, 6) is -0.430. The maximum absolute atomic E-state index is 12.4. The Kier molecular flexibility index (Phi) is 7.39. The number of ether oxygens (including phenoxy) is 1. The van der Waals surface area contributed by atoms with Crippen LogP contribution in [0.3, 0.4) is 0 Å².